The number of ether oxygens (including phenoxy) is 1. The lowest BCUT2D eigenvalue weighted by atomic mass is 9.90. The minimum Gasteiger partial charge on any atom is -0.482 e. The molecule has 1 amide bonds. The van der Waals surface area contributed by atoms with E-state index in [2.05, 4.69) is 26.1 Å². The third-order valence-electron chi connectivity index (χ3n) is 3.94. The Kier molecular flexibility index (Phi) is 8.16. The molecular weight excluding hydrogens is 294 g/mol. The molecule has 1 aromatic rings. The number of carboxylic acid groups (broad SMARTS) is 1. The molecule has 0 spiro atoms. The maximum Gasteiger partial charge on any atom is 0.341 e. The summed E-state index contributed by atoms with van der Waals surface area (Å²) in [5.74, 6) is 0.586. The molecule has 0 aliphatic heterocycles. The monoisotopic (exact) mass is 321 g/mol. The van der Waals surface area contributed by atoms with E-state index in [1.807, 2.05) is 12.1 Å². The quantitative estimate of drug-likeness (QED) is 0.695. The van der Waals surface area contributed by atoms with Crippen LogP contribution in [0.2, 0.25) is 0 Å². The summed E-state index contributed by atoms with van der Waals surface area (Å²) in [6, 6.07) is 7.25. The Morgan fingerprint density at radius 2 is 1.87 bits per heavy atom. The van der Waals surface area contributed by atoms with Crippen molar-refractivity contribution in [2.45, 2.75) is 40.0 Å². The van der Waals surface area contributed by atoms with Gasteiger partial charge in [0.1, 0.15) is 5.75 Å². The van der Waals surface area contributed by atoms with Crippen LogP contribution in [0.3, 0.4) is 0 Å². The Labute approximate surface area is 138 Å². The van der Waals surface area contributed by atoms with Gasteiger partial charge in [0.25, 0.3) is 0 Å². The fourth-order valence-corrected chi connectivity index (χ4v) is 2.41. The van der Waals surface area contributed by atoms with E-state index < -0.39 is 5.97 Å². The molecular formula is C18H27NO4. The average Bonchev–Trinajstić information content (AvgIpc) is 2.51. The van der Waals surface area contributed by atoms with Crippen molar-refractivity contribution in [3.63, 3.8) is 0 Å². The topological polar surface area (TPSA) is 75.6 Å². The largest absolute Gasteiger partial charge is 0.482 e. The number of amides is 1. The van der Waals surface area contributed by atoms with Crippen LogP contribution in [0.25, 0.3) is 0 Å². The zero-order valence-corrected chi connectivity index (χ0v) is 14.2. The highest BCUT2D eigenvalue weighted by molar-refractivity contribution is 5.76. The molecule has 0 aliphatic carbocycles. The van der Waals surface area contributed by atoms with Gasteiger partial charge < -0.3 is 15.2 Å². The minimum atomic E-state index is -0.997. The SMILES string of the molecule is CCC(CC(=O)NCCc1ccc(OCC(=O)O)cc1)C(C)C. The molecule has 0 aliphatic rings. The van der Waals surface area contributed by atoms with E-state index in [0.29, 0.717) is 30.6 Å². The fraction of sp³-hybridized carbons (Fsp3) is 0.556. The number of rotatable bonds is 10. The van der Waals surface area contributed by atoms with E-state index >= 15 is 0 Å². The number of hydrogen-bond donors (Lipinski definition) is 2. The first-order valence-corrected chi connectivity index (χ1v) is 8.12. The summed E-state index contributed by atoms with van der Waals surface area (Å²) in [6.07, 6.45) is 2.34. The number of carbonyl (C=O) groups is 2. The number of hydrogen-bond acceptors (Lipinski definition) is 3. The second kappa shape index (κ2) is 9.87. The van der Waals surface area contributed by atoms with Crippen LogP contribution < -0.4 is 10.1 Å². The molecule has 128 valence electrons. The maximum atomic E-state index is 11.9. The van der Waals surface area contributed by atoms with Crippen LogP contribution >= 0.6 is 0 Å². The second-order valence-corrected chi connectivity index (χ2v) is 6.04. The van der Waals surface area contributed by atoms with Crippen molar-refractivity contribution in [1.29, 1.82) is 0 Å². The Bertz CT molecular complexity index is 496. The van der Waals surface area contributed by atoms with Crippen LogP contribution in [-0.4, -0.2) is 30.1 Å². The van der Waals surface area contributed by atoms with Crippen molar-refractivity contribution in [3.05, 3.63) is 29.8 Å². The summed E-state index contributed by atoms with van der Waals surface area (Å²) in [6.45, 7) is 6.67. The van der Waals surface area contributed by atoms with Crippen LogP contribution in [-0.2, 0) is 16.0 Å². The molecule has 23 heavy (non-hydrogen) atoms. The third-order valence-corrected chi connectivity index (χ3v) is 3.94. The lowest BCUT2D eigenvalue weighted by Crippen LogP contribution is -2.28. The molecule has 5 heteroatoms. The van der Waals surface area contributed by atoms with E-state index in [4.69, 9.17) is 9.84 Å². The van der Waals surface area contributed by atoms with Gasteiger partial charge in [-0.05, 0) is 36.0 Å². The summed E-state index contributed by atoms with van der Waals surface area (Å²) >= 11 is 0. The standard InChI is InChI=1S/C18H27NO4/c1-4-15(13(2)3)11-17(20)19-10-9-14-5-7-16(8-6-14)23-12-18(21)22/h5-8,13,15H,4,9-12H2,1-3H3,(H,19,20)(H,21,22). The molecule has 0 aromatic heterocycles. The average molecular weight is 321 g/mol. The van der Waals surface area contributed by atoms with E-state index in [9.17, 15) is 9.59 Å². The Hall–Kier alpha value is -2.04. The molecule has 0 fully saturated rings. The third kappa shape index (κ3) is 7.68. The number of aliphatic carboxylic acids is 1. The van der Waals surface area contributed by atoms with E-state index in [1.165, 1.54) is 0 Å². The van der Waals surface area contributed by atoms with Gasteiger partial charge in [0.15, 0.2) is 6.61 Å². The van der Waals surface area contributed by atoms with Crippen molar-refractivity contribution in [1.82, 2.24) is 5.32 Å². The van der Waals surface area contributed by atoms with Gasteiger partial charge in [-0.2, -0.15) is 0 Å². The Balaban J connectivity index is 2.32. The first kappa shape index (κ1) is 19.0. The normalized spacial score (nSPS) is 12.0. The Morgan fingerprint density at radius 3 is 2.39 bits per heavy atom. The molecule has 1 aromatic carbocycles. The zero-order valence-electron chi connectivity index (χ0n) is 14.2. The number of carboxylic acids is 1. The molecule has 2 N–H and O–H groups in total. The van der Waals surface area contributed by atoms with E-state index in [0.717, 1.165) is 18.4 Å². The predicted molar refractivity (Wildman–Crippen MR) is 89.5 cm³/mol. The molecule has 0 bridgehead atoms. The van der Waals surface area contributed by atoms with Gasteiger partial charge in [-0.15, -0.1) is 0 Å². The molecule has 0 radical (unpaired) electrons. The summed E-state index contributed by atoms with van der Waals surface area (Å²) in [5.41, 5.74) is 1.07. The summed E-state index contributed by atoms with van der Waals surface area (Å²) < 4.78 is 5.07. The maximum absolute atomic E-state index is 11.9. The molecule has 0 saturated heterocycles. The Morgan fingerprint density at radius 1 is 1.22 bits per heavy atom. The predicted octanol–water partition coefficient (Wildman–Crippen LogP) is 2.88. The van der Waals surface area contributed by atoms with Crippen molar-refractivity contribution >= 4 is 11.9 Å². The van der Waals surface area contributed by atoms with Crippen LogP contribution in [0.15, 0.2) is 24.3 Å². The lowest BCUT2D eigenvalue weighted by molar-refractivity contribution is -0.139. The molecule has 1 atom stereocenters. The zero-order chi connectivity index (χ0) is 17.2. The number of nitrogens with one attached hydrogen (secondary N) is 1. The van der Waals surface area contributed by atoms with Crippen molar-refractivity contribution in [2.24, 2.45) is 11.8 Å². The van der Waals surface area contributed by atoms with Gasteiger partial charge in [0, 0.05) is 13.0 Å². The molecule has 0 heterocycles. The van der Waals surface area contributed by atoms with E-state index in [1.54, 1.807) is 12.1 Å². The smallest absolute Gasteiger partial charge is 0.341 e. The van der Waals surface area contributed by atoms with Gasteiger partial charge in [0.2, 0.25) is 5.91 Å². The summed E-state index contributed by atoms with van der Waals surface area (Å²) in [4.78, 5) is 22.3. The first-order valence-electron chi connectivity index (χ1n) is 8.12. The van der Waals surface area contributed by atoms with Gasteiger partial charge >= 0.3 is 5.97 Å². The van der Waals surface area contributed by atoms with Crippen LogP contribution in [0.4, 0.5) is 0 Å². The van der Waals surface area contributed by atoms with Crippen LogP contribution in [0, 0.1) is 11.8 Å². The van der Waals surface area contributed by atoms with Gasteiger partial charge in [-0.3, -0.25) is 4.79 Å². The summed E-state index contributed by atoms with van der Waals surface area (Å²) in [7, 11) is 0. The van der Waals surface area contributed by atoms with Crippen LogP contribution in [0.5, 0.6) is 5.75 Å². The van der Waals surface area contributed by atoms with Crippen molar-refractivity contribution < 1.29 is 19.4 Å². The lowest BCUT2D eigenvalue weighted by Gasteiger charge is -2.18. The number of benzene rings is 1. The molecule has 1 unspecified atom stereocenters. The van der Waals surface area contributed by atoms with Crippen molar-refractivity contribution in [2.75, 3.05) is 13.2 Å². The highest BCUT2D eigenvalue weighted by Gasteiger charge is 2.15. The molecule has 0 saturated carbocycles. The molecule has 5 nitrogen and oxygen atoms in total. The second-order valence-electron chi connectivity index (χ2n) is 6.04. The highest BCUT2D eigenvalue weighted by atomic mass is 16.5. The number of carbonyl (C=O) groups excluding carboxylic acids is 1. The molecule has 1 rings (SSSR count). The summed E-state index contributed by atoms with van der Waals surface area (Å²) in [5, 5.41) is 11.5. The van der Waals surface area contributed by atoms with Gasteiger partial charge in [-0.25, -0.2) is 4.79 Å². The highest BCUT2D eigenvalue weighted by Crippen LogP contribution is 2.18. The van der Waals surface area contributed by atoms with Gasteiger partial charge in [0.05, 0.1) is 0 Å². The van der Waals surface area contributed by atoms with Crippen molar-refractivity contribution in [3.8, 4) is 5.75 Å². The van der Waals surface area contributed by atoms with E-state index in [-0.39, 0.29) is 12.5 Å². The van der Waals surface area contributed by atoms with Crippen LogP contribution in [0.1, 0.15) is 39.2 Å². The van der Waals surface area contributed by atoms with Gasteiger partial charge in [-0.1, -0.05) is 39.3 Å². The minimum absolute atomic E-state index is 0.104. The fourth-order valence-electron chi connectivity index (χ4n) is 2.41. The first-order chi connectivity index (χ1) is 10.9.